The van der Waals surface area contributed by atoms with Crippen LogP contribution in [0.5, 0.6) is 0 Å². The Bertz CT molecular complexity index is 1260. The zero-order valence-electron chi connectivity index (χ0n) is 19.7. The lowest BCUT2D eigenvalue weighted by Gasteiger charge is -2.35. The SMILES string of the molecule is CC(C)(C)[C@H]1CCc2nc3ccccc3c(C(=O)OCC(=O)Nc3ccc(C(N)=O)cc3)c2C1. The molecule has 0 saturated heterocycles. The first-order chi connectivity index (χ1) is 16.1. The highest BCUT2D eigenvalue weighted by molar-refractivity contribution is 6.06. The molecule has 0 unspecified atom stereocenters. The van der Waals surface area contributed by atoms with E-state index in [0.29, 0.717) is 22.7 Å². The summed E-state index contributed by atoms with van der Waals surface area (Å²) in [6, 6.07) is 13.7. The van der Waals surface area contributed by atoms with Gasteiger partial charge in [-0.2, -0.15) is 0 Å². The Kier molecular flexibility index (Phi) is 6.37. The topological polar surface area (TPSA) is 111 Å². The van der Waals surface area contributed by atoms with E-state index in [-0.39, 0.29) is 5.41 Å². The maximum atomic E-state index is 13.3. The van der Waals surface area contributed by atoms with Gasteiger partial charge in [0.15, 0.2) is 6.61 Å². The summed E-state index contributed by atoms with van der Waals surface area (Å²) >= 11 is 0. The molecule has 0 saturated carbocycles. The molecule has 4 rings (SSSR count). The molecule has 3 N–H and O–H groups in total. The molecule has 176 valence electrons. The molecule has 0 radical (unpaired) electrons. The normalized spacial score (nSPS) is 15.4. The Morgan fingerprint density at radius 3 is 2.47 bits per heavy atom. The lowest BCUT2D eigenvalue weighted by molar-refractivity contribution is -0.119. The number of hydrogen-bond donors (Lipinski definition) is 2. The van der Waals surface area contributed by atoms with Gasteiger partial charge in [-0.3, -0.25) is 14.6 Å². The maximum absolute atomic E-state index is 13.3. The predicted octanol–water partition coefficient (Wildman–Crippen LogP) is 4.28. The molecule has 7 heteroatoms. The van der Waals surface area contributed by atoms with Gasteiger partial charge in [-0.05, 0) is 66.5 Å². The summed E-state index contributed by atoms with van der Waals surface area (Å²) in [6.45, 7) is 6.23. The molecule has 0 aliphatic heterocycles. The fraction of sp³-hybridized carbons (Fsp3) is 0.333. The molecule has 0 bridgehead atoms. The number of carbonyl (C=O) groups is 3. The van der Waals surface area contributed by atoms with Crippen LogP contribution in [0.15, 0.2) is 48.5 Å². The van der Waals surface area contributed by atoms with Crippen LogP contribution in [0.4, 0.5) is 5.69 Å². The van der Waals surface area contributed by atoms with Crippen LogP contribution in [-0.2, 0) is 22.4 Å². The number of amides is 2. The Morgan fingerprint density at radius 1 is 1.09 bits per heavy atom. The lowest BCUT2D eigenvalue weighted by atomic mass is 9.70. The fourth-order valence-electron chi connectivity index (χ4n) is 4.48. The summed E-state index contributed by atoms with van der Waals surface area (Å²) < 4.78 is 5.47. The summed E-state index contributed by atoms with van der Waals surface area (Å²) in [5.74, 6) is -1.13. The number of para-hydroxylation sites is 1. The number of nitrogens with zero attached hydrogens (tertiary/aromatic N) is 1. The molecule has 2 amide bonds. The van der Waals surface area contributed by atoms with Gasteiger partial charge in [0.2, 0.25) is 5.91 Å². The fourth-order valence-corrected chi connectivity index (χ4v) is 4.48. The molecule has 7 nitrogen and oxygen atoms in total. The lowest BCUT2D eigenvalue weighted by Crippen LogP contribution is -2.29. The number of primary amides is 1. The van der Waals surface area contributed by atoms with Crippen molar-refractivity contribution in [2.24, 2.45) is 17.1 Å². The third-order valence-corrected chi connectivity index (χ3v) is 6.48. The third kappa shape index (κ3) is 4.93. The van der Waals surface area contributed by atoms with Crippen molar-refractivity contribution in [2.45, 2.75) is 40.0 Å². The van der Waals surface area contributed by atoms with E-state index < -0.39 is 24.4 Å². The molecule has 34 heavy (non-hydrogen) atoms. The van der Waals surface area contributed by atoms with Gasteiger partial charge in [0.25, 0.3) is 5.91 Å². The smallest absolute Gasteiger partial charge is 0.339 e. The number of fused-ring (bicyclic) bond motifs is 2. The molecule has 0 fully saturated rings. The second-order valence-corrected chi connectivity index (χ2v) is 9.80. The highest BCUT2D eigenvalue weighted by Gasteiger charge is 2.33. The average molecular weight is 460 g/mol. The number of pyridine rings is 1. The highest BCUT2D eigenvalue weighted by atomic mass is 16.5. The number of aromatic nitrogens is 1. The van der Waals surface area contributed by atoms with Crippen LogP contribution in [0.3, 0.4) is 0 Å². The van der Waals surface area contributed by atoms with Crippen molar-refractivity contribution >= 4 is 34.4 Å². The van der Waals surface area contributed by atoms with Crippen LogP contribution in [0, 0.1) is 11.3 Å². The number of nitrogens with one attached hydrogen (secondary N) is 1. The van der Waals surface area contributed by atoms with Crippen molar-refractivity contribution in [1.29, 1.82) is 0 Å². The van der Waals surface area contributed by atoms with Gasteiger partial charge in [0.05, 0.1) is 11.1 Å². The average Bonchev–Trinajstić information content (AvgIpc) is 2.80. The van der Waals surface area contributed by atoms with E-state index in [4.69, 9.17) is 15.5 Å². The van der Waals surface area contributed by atoms with Crippen molar-refractivity contribution in [3.63, 3.8) is 0 Å². The Labute approximate surface area is 198 Å². The van der Waals surface area contributed by atoms with Crippen LogP contribution < -0.4 is 11.1 Å². The summed E-state index contributed by atoms with van der Waals surface area (Å²) in [6.07, 6.45) is 2.58. The van der Waals surface area contributed by atoms with Gasteiger partial charge in [-0.25, -0.2) is 4.79 Å². The molecule has 1 heterocycles. The zero-order chi connectivity index (χ0) is 24.5. The molecule has 1 aliphatic rings. The summed E-state index contributed by atoms with van der Waals surface area (Å²) in [5.41, 5.74) is 9.28. The molecule has 0 spiro atoms. The van der Waals surface area contributed by atoms with Crippen LogP contribution >= 0.6 is 0 Å². The van der Waals surface area contributed by atoms with E-state index >= 15 is 0 Å². The minimum absolute atomic E-state index is 0.106. The molecule has 1 atom stereocenters. The zero-order valence-corrected chi connectivity index (χ0v) is 19.7. The summed E-state index contributed by atoms with van der Waals surface area (Å²) in [4.78, 5) is 41.7. The number of esters is 1. The molecule has 3 aromatic rings. The summed E-state index contributed by atoms with van der Waals surface area (Å²) in [5, 5.41) is 3.40. The van der Waals surface area contributed by atoms with Crippen molar-refractivity contribution in [2.75, 3.05) is 11.9 Å². The van der Waals surface area contributed by atoms with E-state index in [1.54, 1.807) is 12.1 Å². The molecule has 1 aromatic heterocycles. The van der Waals surface area contributed by atoms with Crippen LogP contribution in [-0.4, -0.2) is 29.4 Å². The third-order valence-electron chi connectivity index (χ3n) is 6.48. The minimum Gasteiger partial charge on any atom is -0.452 e. The second kappa shape index (κ2) is 9.25. The number of rotatable bonds is 5. The molecule has 2 aromatic carbocycles. The van der Waals surface area contributed by atoms with Gasteiger partial charge in [-0.15, -0.1) is 0 Å². The number of anilines is 1. The van der Waals surface area contributed by atoms with E-state index in [0.717, 1.165) is 41.4 Å². The van der Waals surface area contributed by atoms with Crippen LogP contribution in [0.2, 0.25) is 0 Å². The van der Waals surface area contributed by atoms with E-state index in [2.05, 4.69) is 26.1 Å². The van der Waals surface area contributed by atoms with E-state index in [9.17, 15) is 14.4 Å². The van der Waals surface area contributed by atoms with Gasteiger partial charge in [0.1, 0.15) is 0 Å². The number of hydrogen-bond acceptors (Lipinski definition) is 5. The van der Waals surface area contributed by atoms with Gasteiger partial charge in [0, 0.05) is 22.3 Å². The quantitative estimate of drug-likeness (QED) is 0.553. The Hall–Kier alpha value is -3.74. The van der Waals surface area contributed by atoms with Crippen LogP contribution in [0.1, 0.15) is 59.2 Å². The summed E-state index contributed by atoms with van der Waals surface area (Å²) in [7, 11) is 0. The first-order valence-corrected chi connectivity index (χ1v) is 11.4. The van der Waals surface area contributed by atoms with Gasteiger partial charge in [-0.1, -0.05) is 39.0 Å². The van der Waals surface area contributed by atoms with Gasteiger partial charge < -0.3 is 15.8 Å². The first-order valence-electron chi connectivity index (χ1n) is 11.4. The number of ether oxygens (including phenoxy) is 1. The second-order valence-electron chi connectivity index (χ2n) is 9.80. The first kappa shape index (κ1) is 23.4. The molecular weight excluding hydrogens is 430 g/mol. The number of carbonyl (C=O) groups excluding carboxylic acids is 3. The monoisotopic (exact) mass is 459 g/mol. The Morgan fingerprint density at radius 2 is 1.79 bits per heavy atom. The van der Waals surface area contributed by atoms with Crippen molar-refractivity contribution in [1.82, 2.24) is 4.98 Å². The van der Waals surface area contributed by atoms with Crippen molar-refractivity contribution in [3.05, 3.63) is 70.9 Å². The molecular formula is C27H29N3O4. The molecule has 1 aliphatic carbocycles. The standard InChI is InChI=1S/C27H29N3O4/c1-27(2,3)17-10-13-22-20(14-17)24(19-6-4-5-7-21(19)30-22)26(33)34-15-23(31)29-18-11-8-16(9-12-18)25(28)32/h4-9,11-12,17H,10,13-15H2,1-3H3,(H2,28,32)(H,29,31)/t17-/m0/s1. The van der Waals surface area contributed by atoms with Gasteiger partial charge >= 0.3 is 5.97 Å². The van der Waals surface area contributed by atoms with Crippen molar-refractivity contribution < 1.29 is 19.1 Å². The van der Waals surface area contributed by atoms with E-state index in [1.165, 1.54) is 12.1 Å². The minimum atomic E-state index is -0.548. The Balaban J connectivity index is 1.55. The number of aryl methyl sites for hydroxylation is 1. The maximum Gasteiger partial charge on any atom is 0.339 e. The van der Waals surface area contributed by atoms with Crippen LogP contribution in [0.25, 0.3) is 10.9 Å². The largest absolute Gasteiger partial charge is 0.452 e. The number of benzene rings is 2. The highest BCUT2D eigenvalue weighted by Crippen LogP contribution is 2.39. The number of nitrogens with two attached hydrogens (primary N) is 1. The predicted molar refractivity (Wildman–Crippen MR) is 131 cm³/mol. The van der Waals surface area contributed by atoms with E-state index in [1.807, 2.05) is 24.3 Å². The van der Waals surface area contributed by atoms with Crippen molar-refractivity contribution in [3.8, 4) is 0 Å².